The highest BCUT2D eigenvalue weighted by atomic mass is 16.4. The molecule has 6 nitrogen and oxygen atoms in total. The fraction of sp³-hybridized carbons (Fsp3) is 0.385. The minimum atomic E-state index is -0.912. The Kier molecular flexibility index (Phi) is 5.81. The number of carbonyl (C=O) groups excluding carboxylic acids is 1. The number of hydrogen-bond donors (Lipinski definition) is 4. The van der Waals surface area contributed by atoms with E-state index in [0.29, 0.717) is 24.2 Å². The molecular weight excluding hydrogens is 248 g/mol. The number of carboxylic acid groups (broad SMARTS) is 1. The molecule has 0 spiro atoms. The lowest BCUT2D eigenvalue weighted by Gasteiger charge is -2.09. The van der Waals surface area contributed by atoms with Crippen LogP contribution in [0.15, 0.2) is 18.2 Å². The van der Waals surface area contributed by atoms with E-state index in [1.54, 1.807) is 18.2 Å². The Balaban J connectivity index is 2.54. The van der Waals surface area contributed by atoms with Crippen molar-refractivity contribution in [2.24, 2.45) is 0 Å². The number of aliphatic carboxylic acids is 1. The third kappa shape index (κ3) is 5.39. The smallest absolute Gasteiger partial charge is 0.303 e. The molecule has 0 unspecified atom stereocenters. The summed E-state index contributed by atoms with van der Waals surface area (Å²) >= 11 is 0. The van der Waals surface area contributed by atoms with Crippen molar-refractivity contribution < 1.29 is 19.8 Å². The largest absolute Gasteiger partial charge is 0.481 e. The van der Waals surface area contributed by atoms with E-state index < -0.39 is 5.97 Å². The zero-order valence-electron chi connectivity index (χ0n) is 10.6. The first-order valence-electron chi connectivity index (χ1n) is 6.04. The number of benzene rings is 1. The molecule has 0 bridgehead atoms. The molecule has 0 radical (unpaired) electrons. The number of nitrogen functional groups attached to an aromatic ring is 1. The van der Waals surface area contributed by atoms with Crippen LogP contribution in [0, 0.1) is 0 Å². The molecule has 0 aliphatic rings. The molecule has 0 saturated heterocycles. The maximum atomic E-state index is 11.6. The predicted molar refractivity (Wildman–Crippen MR) is 71.8 cm³/mol. The second kappa shape index (κ2) is 7.38. The topological polar surface area (TPSA) is 113 Å². The fourth-order valence-electron chi connectivity index (χ4n) is 1.64. The van der Waals surface area contributed by atoms with E-state index in [4.69, 9.17) is 15.9 Å². The Morgan fingerprint density at radius 1 is 1.26 bits per heavy atom. The van der Waals surface area contributed by atoms with E-state index in [0.717, 1.165) is 5.56 Å². The van der Waals surface area contributed by atoms with E-state index >= 15 is 0 Å². The highest BCUT2D eigenvalue weighted by Gasteiger charge is 2.06. The van der Waals surface area contributed by atoms with Crippen LogP contribution in [0.2, 0.25) is 0 Å². The summed E-state index contributed by atoms with van der Waals surface area (Å²) in [5.74, 6) is -1.15. The SMILES string of the molecule is Nc1ccc(NC(=O)CCCC(=O)O)cc1CCO. The van der Waals surface area contributed by atoms with Gasteiger partial charge >= 0.3 is 5.97 Å². The van der Waals surface area contributed by atoms with Gasteiger partial charge in [-0.1, -0.05) is 0 Å². The molecule has 0 fully saturated rings. The predicted octanol–water partition coefficient (Wildman–Crippen LogP) is 0.997. The van der Waals surface area contributed by atoms with Gasteiger partial charge in [0, 0.05) is 30.8 Å². The molecule has 1 rings (SSSR count). The summed E-state index contributed by atoms with van der Waals surface area (Å²) in [7, 11) is 0. The first-order valence-corrected chi connectivity index (χ1v) is 6.04. The number of carboxylic acids is 1. The fourth-order valence-corrected chi connectivity index (χ4v) is 1.64. The maximum absolute atomic E-state index is 11.6. The summed E-state index contributed by atoms with van der Waals surface area (Å²) in [6, 6.07) is 5.05. The molecule has 5 N–H and O–H groups in total. The van der Waals surface area contributed by atoms with Crippen molar-refractivity contribution >= 4 is 23.3 Å². The minimum Gasteiger partial charge on any atom is -0.481 e. The highest BCUT2D eigenvalue weighted by Crippen LogP contribution is 2.18. The zero-order chi connectivity index (χ0) is 14.3. The summed E-state index contributed by atoms with van der Waals surface area (Å²) in [6.45, 7) is -0.0137. The summed E-state index contributed by atoms with van der Waals surface area (Å²) < 4.78 is 0. The van der Waals surface area contributed by atoms with Gasteiger partial charge in [0.1, 0.15) is 0 Å². The van der Waals surface area contributed by atoms with Gasteiger partial charge in [-0.15, -0.1) is 0 Å². The lowest BCUT2D eigenvalue weighted by Crippen LogP contribution is -2.12. The normalized spacial score (nSPS) is 10.2. The van der Waals surface area contributed by atoms with Crippen molar-refractivity contribution in [3.63, 3.8) is 0 Å². The number of carbonyl (C=O) groups is 2. The maximum Gasteiger partial charge on any atom is 0.303 e. The third-order valence-corrected chi connectivity index (χ3v) is 2.60. The van der Waals surface area contributed by atoms with Gasteiger partial charge in [-0.25, -0.2) is 0 Å². The van der Waals surface area contributed by atoms with Gasteiger partial charge in [0.25, 0.3) is 0 Å². The number of amides is 1. The summed E-state index contributed by atoms with van der Waals surface area (Å²) in [5.41, 5.74) is 7.66. The molecule has 0 aromatic heterocycles. The molecule has 104 valence electrons. The zero-order valence-corrected chi connectivity index (χ0v) is 10.6. The molecule has 1 aromatic carbocycles. The van der Waals surface area contributed by atoms with Crippen LogP contribution >= 0.6 is 0 Å². The first-order chi connectivity index (χ1) is 9.02. The highest BCUT2D eigenvalue weighted by molar-refractivity contribution is 5.91. The molecule has 0 heterocycles. The van der Waals surface area contributed by atoms with Crippen molar-refractivity contribution in [1.29, 1.82) is 0 Å². The number of aliphatic hydroxyl groups excluding tert-OH is 1. The number of hydrogen-bond acceptors (Lipinski definition) is 4. The van der Waals surface area contributed by atoms with Crippen LogP contribution in [-0.2, 0) is 16.0 Å². The van der Waals surface area contributed by atoms with Crippen LogP contribution in [0.3, 0.4) is 0 Å². The van der Waals surface area contributed by atoms with Gasteiger partial charge in [-0.05, 0) is 36.6 Å². The van der Waals surface area contributed by atoms with Crippen molar-refractivity contribution in [2.75, 3.05) is 17.7 Å². The monoisotopic (exact) mass is 266 g/mol. The average molecular weight is 266 g/mol. The van der Waals surface area contributed by atoms with Gasteiger partial charge < -0.3 is 21.3 Å². The third-order valence-electron chi connectivity index (χ3n) is 2.60. The van der Waals surface area contributed by atoms with E-state index in [9.17, 15) is 9.59 Å². The van der Waals surface area contributed by atoms with Crippen LogP contribution < -0.4 is 11.1 Å². The number of nitrogens with two attached hydrogens (primary N) is 1. The number of aliphatic hydroxyl groups is 1. The lowest BCUT2D eigenvalue weighted by atomic mass is 10.1. The van der Waals surface area contributed by atoms with Crippen molar-refractivity contribution in [2.45, 2.75) is 25.7 Å². The Morgan fingerprint density at radius 3 is 2.63 bits per heavy atom. The van der Waals surface area contributed by atoms with Crippen LogP contribution in [0.25, 0.3) is 0 Å². The first kappa shape index (κ1) is 15.0. The Labute approximate surface area is 111 Å². The van der Waals surface area contributed by atoms with Crippen molar-refractivity contribution in [3.05, 3.63) is 23.8 Å². The van der Waals surface area contributed by atoms with Gasteiger partial charge in [0.2, 0.25) is 5.91 Å². The van der Waals surface area contributed by atoms with E-state index in [2.05, 4.69) is 5.32 Å². The summed E-state index contributed by atoms with van der Waals surface area (Å²) in [6.07, 6.45) is 0.866. The lowest BCUT2D eigenvalue weighted by molar-refractivity contribution is -0.137. The minimum absolute atomic E-state index is 0.0137. The van der Waals surface area contributed by atoms with Crippen molar-refractivity contribution in [3.8, 4) is 0 Å². The number of anilines is 2. The van der Waals surface area contributed by atoms with Crippen LogP contribution in [0.1, 0.15) is 24.8 Å². The summed E-state index contributed by atoms with van der Waals surface area (Å²) in [5, 5.41) is 20.0. The van der Waals surface area contributed by atoms with Gasteiger partial charge in [-0.3, -0.25) is 9.59 Å². The molecule has 0 atom stereocenters. The second-order valence-corrected chi connectivity index (χ2v) is 4.18. The molecule has 1 aromatic rings. The molecule has 0 aliphatic carbocycles. The average Bonchev–Trinajstić information content (AvgIpc) is 2.33. The van der Waals surface area contributed by atoms with Gasteiger partial charge in [0.15, 0.2) is 0 Å². The van der Waals surface area contributed by atoms with Crippen molar-refractivity contribution in [1.82, 2.24) is 0 Å². The number of rotatable bonds is 7. The van der Waals surface area contributed by atoms with Gasteiger partial charge in [0.05, 0.1) is 0 Å². The standard InChI is InChI=1S/C13H18N2O4/c14-11-5-4-10(8-9(11)6-7-16)15-12(17)2-1-3-13(18)19/h4-5,8,16H,1-3,6-7,14H2,(H,15,17)(H,18,19). The Hall–Kier alpha value is -2.08. The molecular formula is C13H18N2O4. The van der Waals surface area contributed by atoms with Gasteiger partial charge in [-0.2, -0.15) is 0 Å². The van der Waals surface area contributed by atoms with E-state index in [-0.39, 0.29) is 25.4 Å². The number of nitrogens with one attached hydrogen (secondary N) is 1. The van der Waals surface area contributed by atoms with Crippen LogP contribution in [-0.4, -0.2) is 28.7 Å². The van der Waals surface area contributed by atoms with E-state index in [1.165, 1.54) is 0 Å². The quantitative estimate of drug-likeness (QED) is 0.550. The molecule has 0 aliphatic heterocycles. The Bertz CT molecular complexity index is 460. The Morgan fingerprint density at radius 2 is 2.00 bits per heavy atom. The van der Waals surface area contributed by atoms with Crippen LogP contribution in [0.4, 0.5) is 11.4 Å². The van der Waals surface area contributed by atoms with E-state index in [1.807, 2.05) is 0 Å². The molecule has 0 saturated carbocycles. The second-order valence-electron chi connectivity index (χ2n) is 4.18. The molecule has 6 heteroatoms. The summed E-state index contributed by atoms with van der Waals surface area (Å²) in [4.78, 5) is 21.9. The molecule has 1 amide bonds. The molecule has 19 heavy (non-hydrogen) atoms. The van der Waals surface area contributed by atoms with Crippen LogP contribution in [0.5, 0.6) is 0 Å².